The molecule has 1 aromatic rings. The third kappa shape index (κ3) is 5.07. The van der Waals surface area contributed by atoms with Crippen LogP contribution in [-0.4, -0.2) is 58.3 Å². The quantitative estimate of drug-likeness (QED) is 0.539. The summed E-state index contributed by atoms with van der Waals surface area (Å²) < 4.78 is 26.0. The Morgan fingerprint density at radius 1 is 1.22 bits per heavy atom. The molecule has 1 rings (SSSR count). The molecule has 0 aliphatic rings. The van der Waals surface area contributed by atoms with Crippen molar-refractivity contribution in [2.75, 3.05) is 34.7 Å². The van der Waals surface area contributed by atoms with Crippen LogP contribution in [0.25, 0.3) is 0 Å². The SMILES string of the molecule is CC(=O)OOc1ccc(S(=O)(=O)N(C)C)c(CCN(C)C)c1Cl. The molecule has 0 aromatic heterocycles. The average molecular weight is 365 g/mol. The van der Waals surface area contributed by atoms with Crippen molar-refractivity contribution in [2.24, 2.45) is 0 Å². The van der Waals surface area contributed by atoms with E-state index < -0.39 is 16.0 Å². The summed E-state index contributed by atoms with van der Waals surface area (Å²) in [4.78, 5) is 22.2. The molecule has 0 amide bonds. The van der Waals surface area contributed by atoms with Crippen LogP contribution in [0.3, 0.4) is 0 Å². The highest BCUT2D eigenvalue weighted by Gasteiger charge is 2.25. The van der Waals surface area contributed by atoms with Crippen LogP contribution in [0.15, 0.2) is 17.0 Å². The fourth-order valence-corrected chi connectivity index (χ4v) is 3.25. The minimum absolute atomic E-state index is 0.0910. The molecule has 23 heavy (non-hydrogen) atoms. The molecule has 0 unspecified atom stereocenters. The Balaban J connectivity index is 3.35. The van der Waals surface area contributed by atoms with Gasteiger partial charge in [-0.15, -0.1) is 0 Å². The molecular weight excluding hydrogens is 344 g/mol. The average Bonchev–Trinajstić information content (AvgIpc) is 2.43. The molecule has 0 N–H and O–H groups in total. The second-order valence-corrected chi connectivity index (χ2v) is 7.85. The van der Waals surface area contributed by atoms with Crippen LogP contribution in [0.2, 0.25) is 5.02 Å². The Hall–Kier alpha value is -1.35. The normalized spacial score (nSPS) is 11.8. The van der Waals surface area contributed by atoms with E-state index in [9.17, 15) is 13.2 Å². The summed E-state index contributed by atoms with van der Waals surface area (Å²) in [7, 11) is 2.97. The molecule has 0 aliphatic heterocycles. The summed E-state index contributed by atoms with van der Waals surface area (Å²) in [6, 6.07) is 2.76. The van der Waals surface area contributed by atoms with Gasteiger partial charge in [-0.05, 0) is 38.2 Å². The number of likely N-dealkylation sites (N-methyl/N-ethyl adjacent to an activating group) is 1. The predicted molar refractivity (Wildman–Crippen MR) is 87.0 cm³/mol. The number of benzene rings is 1. The Morgan fingerprint density at radius 2 is 1.83 bits per heavy atom. The van der Waals surface area contributed by atoms with Crippen molar-refractivity contribution in [3.05, 3.63) is 22.7 Å². The van der Waals surface area contributed by atoms with E-state index in [-0.39, 0.29) is 15.7 Å². The molecule has 0 fully saturated rings. The first-order valence-corrected chi connectivity index (χ1v) is 8.63. The maximum atomic E-state index is 12.5. The van der Waals surface area contributed by atoms with Gasteiger partial charge < -0.3 is 4.90 Å². The number of sulfonamides is 1. The molecule has 0 aliphatic carbocycles. The van der Waals surface area contributed by atoms with Crippen molar-refractivity contribution in [1.82, 2.24) is 9.21 Å². The van der Waals surface area contributed by atoms with E-state index in [1.54, 1.807) is 0 Å². The van der Waals surface area contributed by atoms with E-state index in [0.29, 0.717) is 18.5 Å². The lowest BCUT2D eigenvalue weighted by Crippen LogP contribution is -2.25. The molecule has 0 saturated carbocycles. The summed E-state index contributed by atoms with van der Waals surface area (Å²) in [6.07, 6.45) is 0.394. The minimum Gasteiger partial charge on any atom is -0.309 e. The highest BCUT2D eigenvalue weighted by atomic mass is 35.5. The van der Waals surface area contributed by atoms with E-state index in [2.05, 4.69) is 4.89 Å². The van der Waals surface area contributed by atoms with Gasteiger partial charge in [0.1, 0.15) is 0 Å². The van der Waals surface area contributed by atoms with E-state index in [0.717, 1.165) is 4.31 Å². The molecule has 130 valence electrons. The van der Waals surface area contributed by atoms with Crippen molar-refractivity contribution in [2.45, 2.75) is 18.2 Å². The summed E-state index contributed by atoms with van der Waals surface area (Å²) in [5, 5.41) is 0.107. The maximum absolute atomic E-state index is 12.5. The third-order valence-corrected chi connectivity index (χ3v) is 5.30. The van der Waals surface area contributed by atoms with Crippen LogP contribution in [0.4, 0.5) is 0 Å². The molecule has 0 radical (unpaired) electrons. The summed E-state index contributed by atoms with van der Waals surface area (Å²) in [6.45, 7) is 1.78. The number of hydrogen-bond donors (Lipinski definition) is 0. The number of hydrogen-bond acceptors (Lipinski definition) is 6. The zero-order chi connectivity index (χ0) is 17.8. The lowest BCUT2D eigenvalue weighted by molar-refractivity contribution is -0.210. The number of rotatable bonds is 7. The van der Waals surface area contributed by atoms with Gasteiger partial charge >= 0.3 is 5.97 Å². The van der Waals surface area contributed by atoms with Gasteiger partial charge in [-0.25, -0.2) is 17.5 Å². The first-order valence-electron chi connectivity index (χ1n) is 6.81. The van der Waals surface area contributed by atoms with Crippen molar-refractivity contribution in [3.63, 3.8) is 0 Å². The monoisotopic (exact) mass is 364 g/mol. The Labute approximate surface area is 141 Å². The fraction of sp³-hybridized carbons (Fsp3) is 0.500. The van der Waals surface area contributed by atoms with Crippen molar-refractivity contribution < 1.29 is 23.0 Å². The third-order valence-electron chi connectivity index (χ3n) is 2.98. The van der Waals surface area contributed by atoms with Gasteiger partial charge in [0.15, 0.2) is 5.75 Å². The van der Waals surface area contributed by atoms with E-state index >= 15 is 0 Å². The van der Waals surface area contributed by atoms with Crippen LogP contribution >= 0.6 is 11.6 Å². The van der Waals surface area contributed by atoms with Crippen LogP contribution in [0, 0.1) is 0 Å². The highest BCUT2D eigenvalue weighted by Crippen LogP contribution is 2.34. The van der Waals surface area contributed by atoms with Gasteiger partial charge in [0.2, 0.25) is 10.0 Å². The van der Waals surface area contributed by atoms with Gasteiger partial charge in [0.25, 0.3) is 0 Å². The van der Waals surface area contributed by atoms with Gasteiger partial charge in [-0.2, -0.15) is 0 Å². The molecule has 7 nitrogen and oxygen atoms in total. The fourth-order valence-electron chi connectivity index (χ4n) is 1.76. The Kier molecular flexibility index (Phi) is 6.82. The van der Waals surface area contributed by atoms with E-state index in [1.807, 2.05) is 19.0 Å². The summed E-state index contributed by atoms with van der Waals surface area (Å²) in [5.74, 6) is -0.547. The zero-order valence-corrected chi connectivity index (χ0v) is 15.4. The second-order valence-electron chi connectivity index (χ2n) is 5.35. The van der Waals surface area contributed by atoms with Crippen molar-refractivity contribution in [3.8, 4) is 5.75 Å². The van der Waals surface area contributed by atoms with Gasteiger partial charge in [-0.1, -0.05) is 11.6 Å². The smallest absolute Gasteiger partial charge is 0.309 e. The first-order chi connectivity index (χ1) is 10.6. The summed E-state index contributed by atoms with van der Waals surface area (Å²) >= 11 is 6.27. The van der Waals surface area contributed by atoms with Gasteiger partial charge in [-0.3, -0.25) is 9.78 Å². The van der Waals surface area contributed by atoms with E-state index in [1.165, 1.54) is 33.2 Å². The van der Waals surface area contributed by atoms with Gasteiger partial charge in [0.05, 0.1) is 9.92 Å². The maximum Gasteiger partial charge on any atom is 0.352 e. The van der Waals surface area contributed by atoms with Crippen molar-refractivity contribution in [1.29, 1.82) is 0 Å². The molecule has 0 atom stereocenters. The molecular formula is C14H21ClN2O5S. The molecule has 0 saturated heterocycles. The molecule has 0 bridgehead atoms. The van der Waals surface area contributed by atoms with Crippen LogP contribution in [0.1, 0.15) is 12.5 Å². The van der Waals surface area contributed by atoms with Crippen LogP contribution in [-0.2, 0) is 26.1 Å². The van der Waals surface area contributed by atoms with Crippen LogP contribution in [0.5, 0.6) is 5.75 Å². The number of carbonyl (C=O) groups excluding carboxylic acids is 1. The number of carbonyl (C=O) groups is 1. The Morgan fingerprint density at radius 3 is 2.30 bits per heavy atom. The largest absolute Gasteiger partial charge is 0.352 e. The molecule has 0 spiro atoms. The standard InChI is InChI=1S/C14H21ClN2O5S/c1-10(18)21-22-12-6-7-13(23(19,20)17(4)5)11(14(12)15)8-9-16(2)3/h6-7H,8-9H2,1-5H3. The van der Waals surface area contributed by atoms with Crippen molar-refractivity contribution >= 4 is 27.6 Å². The molecule has 9 heteroatoms. The number of nitrogens with zero attached hydrogens (tertiary/aromatic N) is 2. The molecule has 1 aromatic carbocycles. The lowest BCUT2D eigenvalue weighted by atomic mass is 10.1. The zero-order valence-electron chi connectivity index (χ0n) is 13.8. The predicted octanol–water partition coefficient (Wildman–Crippen LogP) is 1.55. The van der Waals surface area contributed by atoms with E-state index in [4.69, 9.17) is 16.5 Å². The number of halogens is 1. The van der Waals surface area contributed by atoms with Crippen LogP contribution < -0.4 is 4.89 Å². The topological polar surface area (TPSA) is 76.1 Å². The summed E-state index contributed by atoms with van der Waals surface area (Å²) in [5.41, 5.74) is 0.415. The van der Waals surface area contributed by atoms with Gasteiger partial charge in [0, 0.05) is 27.6 Å². The lowest BCUT2D eigenvalue weighted by Gasteiger charge is -2.19. The molecule has 0 heterocycles. The highest BCUT2D eigenvalue weighted by molar-refractivity contribution is 7.89. The Bertz CT molecular complexity index is 674. The minimum atomic E-state index is -3.66. The second kappa shape index (κ2) is 7.96. The first kappa shape index (κ1) is 19.7.